The van der Waals surface area contributed by atoms with Crippen molar-refractivity contribution in [2.45, 2.75) is 12.1 Å². The molecular weight excluding hydrogens is 292 g/mol. The number of rotatable bonds is 4. The van der Waals surface area contributed by atoms with E-state index in [1.807, 2.05) is 35.0 Å². The first-order valence-electron chi connectivity index (χ1n) is 7.60. The first kappa shape index (κ1) is 14.1. The quantitative estimate of drug-likeness (QED) is 0.754. The van der Waals surface area contributed by atoms with E-state index in [0.717, 1.165) is 35.9 Å². The molecule has 3 aromatic heterocycles. The van der Waals surface area contributed by atoms with Crippen LogP contribution in [0.4, 0.5) is 5.82 Å². The molecule has 0 saturated carbocycles. The monoisotopic (exact) mass is 310 g/mol. The Morgan fingerprint density at radius 2 is 2.22 bits per heavy atom. The van der Waals surface area contributed by atoms with Crippen LogP contribution in [0.3, 0.4) is 0 Å². The molecule has 118 valence electrons. The molecular formula is C16H18N6O. The van der Waals surface area contributed by atoms with Gasteiger partial charge < -0.3 is 15.4 Å². The van der Waals surface area contributed by atoms with Crippen molar-refractivity contribution in [2.24, 2.45) is 0 Å². The summed E-state index contributed by atoms with van der Waals surface area (Å²) in [6, 6.07) is 6.09. The number of nitrogens with zero attached hydrogens (tertiary/aromatic N) is 4. The number of fused-ring (bicyclic) bond motifs is 1. The fourth-order valence-corrected chi connectivity index (χ4v) is 2.92. The Bertz CT molecular complexity index is 817. The molecule has 7 nitrogen and oxygen atoms in total. The lowest BCUT2D eigenvalue weighted by Crippen LogP contribution is -2.33. The molecule has 2 N–H and O–H groups in total. The van der Waals surface area contributed by atoms with Crippen molar-refractivity contribution < 1.29 is 4.74 Å². The molecule has 0 spiro atoms. The molecule has 1 aliphatic heterocycles. The highest BCUT2D eigenvalue weighted by Crippen LogP contribution is 2.20. The lowest BCUT2D eigenvalue weighted by atomic mass is 10.2. The molecule has 1 fully saturated rings. The Kier molecular flexibility index (Phi) is 3.64. The molecule has 0 bridgehead atoms. The van der Waals surface area contributed by atoms with Crippen LogP contribution in [0.25, 0.3) is 17.0 Å². The van der Waals surface area contributed by atoms with E-state index in [2.05, 4.69) is 25.6 Å². The Morgan fingerprint density at radius 1 is 1.26 bits per heavy atom. The zero-order valence-electron chi connectivity index (χ0n) is 12.8. The molecule has 7 heteroatoms. The summed E-state index contributed by atoms with van der Waals surface area (Å²) in [6.45, 7) is 1.69. The van der Waals surface area contributed by atoms with Crippen LogP contribution in [-0.2, 0) is 4.74 Å². The van der Waals surface area contributed by atoms with E-state index >= 15 is 0 Å². The zero-order valence-corrected chi connectivity index (χ0v) is 12.8. The van der Waals surface area contributed by atoms with E-state index in [0.29, 0.717) is 0 Å². The molecule has 4 heterocycles. The topological polar surface area (TPSA) is 76.4 Å². The predicted molar refractivity (Wildman–Crippen MR) is 87.3 cm³/mol. The van der Waals surface area contributed by atoms with Gasteiger partial charge in [0.15, 0.2) is 0 Å². The Hall–Kier alpha value is -2.51. The molecule has 0 aromatic carbocycles. The van der Waals surface area contributed by atoms with Crippen LogP contribution in [-0.4, -0.2) is 51.7 Å². The lowest BCUT2D eigenvalue weighted by Gasteiger charge is -2.19. The standard InChI is InChI=1S/C16H18N6O/c1-23-14-9-17-7-12(14)21-15-10-18-6-11(20-15)13-8-19-16-4-2-3-5-22(13)16/h2-6,8,10,12,14,17H,7,9H2,1H3,(H,20,21)/t12-,14+/m0/s1. The van der Waals surface area contributed by atoms with Crippen molar-refractivity contribution in [2.75, 3.05) is 25.5 Å². The number of hydrogen-bond acceptors (Lipinski definition) is 6. The first-order valence-corrected chi connectivity index (χ1v) is 7.60. The van der Waals surface area contributed by atoms with Crippen LogP contribution in [0.15, 0.2) is 43.0 Å². The summed E-state index contributed by atoms with van der Waals surface area (Å²) in [4.78, 5) is 13.4. The van der Waals surface area contributed by atoms with Gasteiger partial charge in [-0.15, -0.1) is 0 Å². The van der Waals surface area contributed by atoms with Gasteiger partial charge >= 0.3 is 0 Å². The Balaban J connectivity index is 1.64. The average molecular weight is 310 g/mol. The van der Waals surface area contributed by atoms with Gasteiger partial charge in [-0.05, 0) is 12.1 Å². The number of anilines is 1. The summed E-state index contributed by atoms with van der Waals surface area (Å²) >= 11 is 0. The molecule has 1 saturated heterocycles. The molecule has 2 atom stereocenters. The van der Waals surface area contributed by atoms with E-state index in [4.69, 9.17) is 4.74 Å². The third-order valence-electron chi connectivity index (χ3n) is 4.11. The van der Waals surface area contributed by atoms with Crippen LogP contribution in [0.2, 0.25) is 0 Å². The molecule has 4 rings (SSSR count). The number of pyridine rings is 1. The number of imidazole rings is 1. The van der Waals surface area contributed by atoms with Crippen LogP contribution in [0.5, 0.6) is 0 Å². The van der Waals surface area contributed by atoms with E-state index in [9.17, 15) is 0 Å². The highest BCUT2D eigenvalue weighted by Gasteiger charge is 2.27. The highest BCUT2D eigenvalue weighted by atomic mass is 16.5. The van der Waals surface area contributed by atoms with Gasteiger partial charge in [0.25, 0.3) is 0 Å². The van der Waals surface area contributed by atoms with Gasteiger partial charge in [-0.3, -0.25) is 9.38 Å². The molecule has 0 aliphatic carbocycles. The van der Waals surface area contributed by atoms with Crippen LogP contribution in [0, 0.1) is 0 Å². The minimum absolute atomic E-state index is 0.135. The molecule has 0 unspecified atom stereocenters. The first-order chi connectivity index (χ1) is 11.3. The second kappa shape index (κ2) is 5.94. The van der Waals surface area contributed by atoms with Crippen LogP contribution >= 0.6 is 0 Å². The number of nitrogens with one attached hydrogen (secondary N) is 2. The van der Waals surface area contributed by atoms with E-state index in [-0.39, 0.29) is 12.1 Å². The minimum Gasteiger partial charge on any atom is -0.378 e. The molecule has 3 aromatic rings. The second-order valence-electron chi connectivity index (χ2n) is 5.55. The summed E-state index contributed by atoms with van der Waals surface area (Å²) in [5.41, 5.74) is 2.60. The van der Waals surface area contributed by atoms with Gasteiger partial charge in [-0.25, -0.2) is 9.97 Å². The summed E-state index contributed by atoms with van der Waals surface area (Å²) in [5.74, 6) is 0.740. The number of aromatic nitrogens is 4. The van der Waals surface area contributed by atoms with E-state index < -0.39 is 0 Å². The van der Waals surface area contributed by atoms with Gasteiger partial charge in [0.05, 0.1) is 36.4 Å². The molecule has 1 aliphatic rings. The van der Waals surface area contributed by atoms with Crippen molar-refractivity contribution in [1.29, 1.82) is 0 Å². The third-order valence-corrected chi connectivity index (χ3v) is 4.11. The van der Waals surface area contributed by atoms with Gasteiger partial charge in [0.2, 0.25) is 0 Å². The van der Waals surface area contributed by atoms with Crippen molar-refractivity contribution in [3.05, 3.63) is 43.0 Å². The predicted octanol–water partition coefficient (Wildman–Crippen LogP) is 1.19. The average Bonchev–Trinajstić information content (AvgIpc) is 3.21. The van der Waals surface area contributed by atoms with Crippen molar-refractivity contribution in [1.82, 2.24) is 24.7 Å². The second-order valence-corrected chi connectivity index (χ2v) is 5.55. The fraction of sp³-hybridized carbons (Fsp3) is 0.312. The lowest BCUT2D eigenvalue weighted by molar-refractivity contribution is 0.111. The zero-order chi connectivity index (χ0) is 15.6. The van der Waals surface area contributed by atoms with Crippen molar-refractivity contribution in [3.63, 3.8) is 0 Å². The minimum atomic E-state index is 0.135. The number of hydrogen-bond donors (Lipinski definition) is 2. The van der Waals surface area contributed by atoms with Crippen molar-refractivity contribution in [3.8, 4) is 11.4 Å². The summed E-state index contributed by atoms with van der Waals surface area (Å²) in [6.07, 6.45) is 7.41. The molecule has 23 heavy (non-hydrogen) atoms. The maximum Gasteiger partial charge on any atom is 0.145 e. The summed E-state index contributed by atoms with van der Waals surface area (Å²) in [5, 5.41) is 6.71. The van der Waals surface area contributed by atoms with Crippen LogP contribution < -0.4 is 10.6 Å². The summed E-state index contributed by atoms with van der Waals surface area (Å²) in [7, 11) is 1.73. The van der Waals surface area contributed by atoms with Gasteiger partial charge in [-0.1, -0.05) is 6.07 Å². The third kappa shape index (κ3) is 2.64. The normalized spacial score (nSPS) is 20.9. The maximum atomic E-state index is 5.47. The molecule has 0 amide bonds. The van der Waals surface area contributed by atoms with Crippen molar-refractivity contribution >= 4 is 11.5 Å². The Labute approximate surface area is 133 Å². The fourth-order valence-electron chi connectivity index (χ4n) is 2.92. The molecule has 0 radical (unpaired) electrons. The Morgan fingerprint density at radius 3 is 3.13 bits per heavy atom. The maximum absolute atomic E-state index is 5.47. The van der Waals surface area contributed by atoms with Gasteiger partial charge in [0.1, 0.15) is 17.2 Å². The highest BCUT2D eigenvalue weighted by molar-refractivity contribution is 5.60. The number of ether oxygens (including phenoxy) is 1. The summed E-state index contributed by atoms with van der Waals surface area (Å²) < 4.78 is 7.47. The number of methoxy groups -OCH3 is 1. The van der Waals surface area contributed by atoms with Gasteiger partial charge in [-0.2, -0.15) is 0 Å². The van der Waals surface area contributed by atoms with E-state index in [1.165, 1.54) is 0 Å². The van der Waals surface area contributed by atoms with Crippen LogP contribution in [0.1, 0.15) is 0 Å². The smallest absolute Gasteiger partial charge is 0.145 e. The van der Waals surface area contributed by atoms with Gasteiger partial charge in [0, 0.05) is 26.4 Å². The SMILES string of the molecule is CO[C@@H]1CNC[C@@H]1Nc1cncc(-c2cnc3ccccn23)n1. The largest absolute Gasteiger partial charge is 0.378 e. The van der Waals surface area contributed by atoms with E-state index in [1.54, 1.807) is 19.5 Å².